The Morgan fingerprint density at radius 2 is 1.76 bits per heavy atom. The first-order valence-corrected chi connectivity index (χ1v) is 7.27. The van der Waals surface area contributed by atoms with Crippen LogP contribution in [0.2, 0.25) is 0 Å². The molecule has 0 spiro atoms. The number of para-hydroxylation sites is 2. The summed E-state index contributed by atoms with van der Waals surface area (Å²) < 4.78 is 2.05. The molecular formula is C17H15ClN2O. The standard InChI is InChI=1S/C17H15ClN2O/c1-12-14-9-5-6-10-15(14)20(13-7-3-2-4-8-13)17(12)19-16(21)11-18/h2-10H,11H2,1H3,(H,19,21). The van der Waals surface area contributed by atoms with Gasteiger partial charge in [-0.25, -0.2) is 0 Å². The monoisotopic (exact) mass is 298 g/mol. The molecule has 1 N–H and O–H groups in total. The fourth-order valence-corrected chi connectivity index (χ4v) is 2.63. The SMILES string of the molecule is Cc1c(NC(=O)CCl)n(-c2ccccc2)c2ccccc12. The molecule has 3 nitrogen and oxygen atoms in total. The number of hydrogen-bond acceptors (Lipinski definition) is 1. The lowest BCUT2D eigenvalue weighted by molar-refractivity contribution is -0.113. The van der Waals surface area contributed by atoms with E-state index in [2.05, 4.69) is 16.0 Å². The van der Waals surface area contributed by atoms with Crippen molar-refractivity contribution >= 4 is 34.2 Å². The second kappa shape index (κ2) is 5.62. The van der Waals surface area contributed by atoms with Crippen molar-refractivity contribution in [3.05, 3.63) is 60.2 Å². The van der Waals surface area contributed by atoms with Crippen molar-refractivity contribution in [3.8, 4) is 5.69 Å². The molecule has 0 saturated carbocycles. The van der Waals surface area contributed by atoms with Gasteiger partial charge in [0.2, 0.25) is 5.91 Å². The normalized spacial score (nSPS) is 10.8. The van der Waals surface area contributed by atoms with Crippen LogP contribution in [0.3, 0.4) is 0 Å². The van der Waals surface area contributed by atoms with Gasteiger partial charge in [0.05, 0.1) is 5.52 Å². The highest BCUT2D eigenvalue weighted by molar-refractivity contribution is 6.29. The largest absolute Gasteiger partial charge is 0.311 e. The first kappa shape index (κ1) is 13.7. The molecule has 0 aliphatic carbocycles. The van der Waals surface area contributed by atoms with Crippen LogP contribution in [0.5, 0.6) is 0 Å². The first-order chi connectivity index (χ1) is 10.2. The lowest BCUT2D eigenvalue weighted by Crippen LogP contribution is -2.16. The van der Waals surface area contributed by atoms with E-state index >= 15 is 0 Å². The maximum absolute atomic E-state index is 11.7. The van der Waals surface area contributed by atoms with Crippen LogP contribution in [0, 0.1) is 6.92 Å². The lowest BCUT2D eigenvalue weighted by Gasteiger charge is -2.12. The van der Waals surface area contributed by atoms with Crippen molar-refractivity contribution < 1.29 is 4.79 Å². The molecule has 0 aliphatic heterocycles. The van der Waals surface area contributed by atoms with Gasteiger partial charge in [0.15, 0.2) is 0 Å². The van der Waals surface area contributed by atoms with Gasteiger partial charge < -0.3 is 5.32 Å². The summed E-state index contributed by atoms with van der Waals surface area (Å²) >= 11 is 5.63. The Labute approximate surface area is 128 Å². The fourth-order valence-electron chi connectivity index (χ4n) is 2.56. The zero-order valence-electron chi connectivity index (χ0n) is 11.6. The number of hydrogen-bond donors (Lipinski definition) is 1. The Morgan fingerprint density at radius 1 is 1.10 bits per heavy atom. The molecule has 2 aromatic carbocycles. The van der Waals surface area contributed by atoms with E-state index in [1.807, 2.05) is 55.5 Å². The predicted molar refractivity (Wildman–Crippen MR) is 87.4 cm³/mol. The van der Waals surface area contributed by atoms with Gasteiger partial charge >= 0.3 is 0 Å². The van der Waals surface area contributed by atoms with Crippen molar-refractivity contribution in [2.75, 3.05) is 11.2 Å². The van der Waals surface area contributed by atoms with Gasteiger partial charge in [-0.05, 0) is 30.7 Å². The lowest BCUT2D eigenvalue weighted by atomic mass is 10.2. The van der Waals surface area contributed by atoms with Gasteiger partial charge in [0, 0.05) is 11.1 Å². The maximum atomic E-state index is 11.7. The number of anilines is 1. The Morgan fingerprint density at radius 3 is 2.48 bits per heavy atom. The molecule has 3 aromatic rings. The molecule has 1 heterocycles. The highest BCUT2D eigenvalue weighted by Gasteiger charge is 2.16. The van der Waals surface area contributed by atoms with Crippen molar-refractivity contribution in [1.82, 2.24) is 4.57 Å². The van der Waals surface area contributed by atoms with Crippen molar-refractivity contribution in [2.24, 2.45) is 0 Å². The van der Waals surface area contributed by atoms with E-state index in [1.165, 1.54) is 0 Å². The number of aryl methyl sites for hydroxylation is 1. The van der Waals surface area contributed by atoms with Gasteiger partial charge in [-0.2, -0.15) is 0 Å². The summed E-state index contributed by atoms with van der Waals surface area (Å²) in [5, 5.41) is 4.03. The van der Waals surface area contributed by atoms with E-state index in [1.54, 1.807) is 0 Å². The van der Waals surface area contributed by atoms with Gasteiger partial charge in [-0.3, -0.25) is 9.36 Å². The summed E-state index contributed by atoms with van der Waals surface area (Å²) in [6.07, 6.45) is 0. The number of nitrogens with zero attached hydrogens (tertiary/aromatic N) is 1. The van der Waals surface area contributed by atoms with Crippen LogP contribution in [0.25, 0.3) is 16.6 Å². The number of carbonyl (C=O) groups excluding carboxylic acids is 1. The van der Waals surface area contributed by atoms with Crippen molar-refractivity contribution in [1.29, 1.82) is 0 Å². The zero-order valence-corrected chi connectivity index (χ0v) is 12.4. The Balaban J connectivity index is 2.29. The van der Waals surface area contributed by atoms with E-state index in [9.17, 15) is 4.79 Å². The average molecular weight is 299 g/mol. The van der Waals surface area contributed by atoms with Crippen LogP contribution in [0.4, 0.5) is 5.82 Å². The molecule has 1 aromatic heterocycles. The summed E-state index contributed by atoms with van der Waals surface area (Å²) in [7, 11) is 0. The van der Waals surface area contributed by atoms with E-state index in [0.29, 0.717) is 0 Å². The van der Waals surface area contributed by atoms with Gasteiger partial charge in [-0.15, -0.1) is 11.6 Å². The molecule has 1 amide bonds. The first-order valence-electron chi connectivity index (χ1n) is 6.73. The topological polar surface area (TPSA) is 34.0 Å². The van der Waals surface area contributed by atoms with Crippen LogP contribution in [-0.4, -0.2) is 16.4 Å². The number of benzene rings is 2. The molecular weight excluding hydrogens is 284 g/mol. The molecule has 0 bridgehead atoms. The highest BCUT2D eigenvalue weighted by atomic mass is 35.5. The molecule has 3 rings (SSSR count). The van der Waals surface area contributed by atoms with Gasteiger partial charge in [0.1, 0.15) is 11.7 Å². The minimum absolute atomic E-state index is 0.0598. The number of alkyl halides is 1. The maximum Gasteiger partial charge on any atom is 0.240 e. The number of carbonyl (C=O) groups is 1. The number of rotatable bonds is 3. The second-order valence-corrected chi connectivity index (χ2v) is 5.11. The van der Waals surface area contributed by atoms with Crippen LogP contribution in [0.15, 0.2) is 54.6 Å². The quantitative estimate of drug-likeness (QED) is 0.725. The van der Waals surface area contributed by atoms with Crippen LogP contribution < -0.4 is 5.32 Å². The van der Waals surface area contributed by atoms with E-state index in [-0.39, 0.29) is 11.8 Å². The number of fused-ring (bicyclic) bond motifs is 1. The Bertz CT molecular complexity index is 793. The summed E-state index contributed by atoms with van der Waals surface area (Å²) in [5.74, 6) is 0.503. The summed E-state index contributed by atoms with van der Waals surface area (Å²) in [4.78, 5) is 11.7. The smallest absolute Gasteiger partial charge is 0.240 e. The van der Waals surface area contributed by atoms with Crippen molar-refractivity contribution in [2.45, 2.75) is 6.92 Å². The molecule has 4 heteroatoms. The summed E-state index contributed by atoms with van der Waals surface area (Å²) in [6.45, 7) is 2.01. The Hall–Kier alpha value is -2.26. The third-order valence-electron chi connectivity index (χ3n) is 3.52. The van der Waals surface area contributed by atoms with Crippen molar-refractivity contribution in [3.63, 3.8) is 0 Å². The molecule has 0 aliphatic rings. The minimum atomic E-state index is -0.209. The molecule has 0 unspecified atom stereocenters. The minimum Gasteiger partial charge on any atom is -0.311 e. The number of aromatic nitrogens is 1. The third kappa shape index (κ3) is 2.41. The predicted octanol–water partition coefficient (Wildman–Crippen LogP) is 4.12. The number of nitrogens with one attached hydrogen (secondary N) is 1. The van der Waals surface area contributed by atoms with Gasteiger partial charge in [0.25, 0.3) is 0 Å². The molecule has 0 atom stereocenters. The Kier molecular flexibility index (Phi) is 3.67. The van der Waals surface area contributed by atoms with E-state index < -0.39 is 0 Å². The molecule has 0 fully saturated rings. The average Bonchev–Trinajstić information content (AvgIpc) is 2.81. The molecule has 106 valence electrons. The molecule has 0 saturated heterocycles. The summed E-state index contributed by atoms with van der Waals surface area (Å²) in [5.41, 5.74) is 3.10. The van der Waals surface area contributed by atoms with Crippen LogP contribution >= 0.6 is 11.6 Å². The van der Waals surface area contributed by atoms with Gasteiger partial charge in [-0.1, -0.05) is 36.4 Å². The highest BCUT2D eigenvalue weighted by Crippen LogP contribution is 2.32. The zero-order chi connectivity index (χ0) is 14.8. The molecule has 0 radical (unpaired) electrons. The van der Waals surface area contributed by atoms with Crippen LogP contribution in [-0.2, 0) is 4.79 Å². The van der Waals surface area contributed by atoms with E-state index in [4.69, 9.17) is 11.6 Å². The van der Waals surface area contributed by atoms with E-state index in [0.717, 1.165) is 28.0 Å². The van der Waals surface area contributed by atoms with Crippen LogP contribution in [0.1, 0.15) is 5.56 Å². The fraction of sp³-hybridized carbons (Fsp3) is 0.118. The number of halogens is 1. The summed E-state index contributed by atoms with van der Waals surface area (Å²) in [6, 6.07) is 18.1. The third-order valence-corrected chi connectivity index (χ3v) is 3.76. The molecule has 21 heavy (non-hydrogen) atoms. The number of amides is 1. The second-order valence-electron chi connectivity index (χ2n) is 4.84.